The molecule has 0 radical (unpaired) electrons. The number of hydrogen-bond donors (Lipinski definition) is 1. The third-order valence-electron chi connectivity index (χ3n) is 1.94. The number of hydrogen-bond acceptors (Lipinski definition) is 2. The van der Waals surface area contributed by atoms with Crippen molar-refractivity contribution in [3.63, 3.8) is 0 Å². The summed E-state index contributed by atoms with van der Waals surface area (Å²) in [5, 5.41) is 12.0. The molecule has 1 N–H and O–H groups in total. The third kappa shape index (κ3) is 2.15. The molecule has 0 spiro atoms. The van der Waals surface area contributed by atoms with Crippen LogP contribution in [0.2, 0.25) is 0 Å². The second-order valence-corrected chi connectivity index (χ2v) is 3.04. The average molecular weight is 240 g/mol. The highest BCUT2D eigenvalue weighted by atomic mass is 19.4. The Labute approximate surface area is 87.5 Å². The SMILES string of the molecule is Cn1nc(CCF)c(C(F)(F)F)c1C(=O)O. The topological polar surface area (TPSA) is 55.1 Å². The molecule has 90 valence electrons. The van der Waals surface area contributed by atoms with Crippen molar-refractivity contribution in [1.82, 2.24) is 9.78 Å². The maximum absolute atomic E-state index is 12.6. The Morgan fingerprint density at radius 1 is 1.50 bits per heavy atom. The van der Waals surface area contributed by atoms with E-state index in [0.717, 1.165) is 7.05 Å². The number of nitrogens with zero attached hydrogens (tertiary/aromatic N) is 2. The van der Waals surface area contributed by atoms with Gasteiger partial charge >= 0.3 is 12.1 Å². The number of halogens is 4. The van der Waals surface area contributed by atoms with Gasteiger partial charge in [0.1, 0.15) is 5.56 Å². The minimum atomic E-state index is -4.85. The van der Waals surface area contributed by atoms with Gasteiger partial charge in [0.2, 0.25) is 0 Å². The molecule has 0 fully saturated rings. The van der Waals surface area contributed by atoms with Crippen molar-refractivity contribution in [3.05, 3.63) is 17.0 Å². The summed E-state index contributed by atoms with van der Waals surface area (Å²) >= 11 is 0. The molecule has 1 aromatic heterocycles. The van der Waals surface area contributed by atoms with Crippen LogP contribution >= 0.6 is 0 Å². The van der Waals surface area contributed by atoms with E-state index in [4.69, 9.17) is 5.11 Å². The van der Waals surface area contributed by atoms with Crippen LogP contribution < -0.4 is 0 Å². The van der Waals surface area contributed by atoms with Crippen molar-refractivity contribution in [2.45, 2.75) is 12.6 Å². The number of aromatic carboxylic acids is 1. The molecule has 1 rings (SSSR count). The number of carbonyl (C=O) groups is 1. The summed E-state index contributed by atoms with van der Waals surface area (Å²) in [6, 6.07) is 0. The summed E-state index contributed by atoms with van der Waals surface area (Å²) in [6.07, 6.45) is -5.41. The molecule has 8 heteroatoms. The van der Waals surface area contributed by atoms with E-state index in [1.807, 2.05) is 0 Å². The molecule has 0 aliphatic rings. The predicted molar refractivity (Wildman–Crippen MR) is 44.8 cm³/mol. The van der Waals surface area contributed by atoms with Crippen LogP contribution in [0, 0.1) is 0 Å². The van der Waals surface area contributed by atoms with E-state index in [1.54, 1.807) is 0 Å². The second-order valence-electron chi connectivity index (χ2n) is 3.04. The zero-order chi connectivity index (χ0) is 12.5. The normalized spacial score (nSPS) is 11.8. The highest BCUT2D eigenvalue weighted by molar-refractivity contribution is 5.88. The number of aromatic nitrogens is 2. The van der Waals surface area contributed by atoms with E-state index in [0.29, 0.717) is 4.68 Å². The van der Waals surface area contributed by atoms with Gasteiger partial charge in [-0.2, -0.15) is 18.3 Å². The van der Waals surface area contributed by atoms with Gasteiger partial charge in [0, 0.05) is 13.5 Å². The quantitative estimate of drug-likeness (QED) is 0.817. The van der Waals surface area contributed by atoms with Gasteiger partial charge in [0.05, 0.1) is 12.4 Å². The highest BCUT2D eigenvalue weighted by Crippen LogP contribution is 2.34. The van der Waals surface area contributed by atoms with Gasteiger partial charge in [-0.15, -0.1) is 0 Å². The summed E-state index contributed by atoms with van der Waals surface area (Å²) in [5.74, 6) is -1.74. The Balaban J connectivity index is 3.43. The zero-order valence-electron chi connectivity index (χ0n) is 8.18. The summed E-state index contributed by atoms with van der Waals surface area (Å²) in [4.78, 5) is 10.7. The summed E-state index contributed by atoms with van der Waals surface area (Å²) in [5.41, 5.74) is -2.94. The van der Waals surface area contributed by atoms with Crippen molar-refractivity contribution in [1.29, 1.82) is 0 Å². The van der Waals surface area contributed by atoms with Crippen LogP contribution in [0.1, 0.15) is 21.7 Å². The predicted octanol–water partition coefficient (Wildman–Crippen LogP) is 1.65. The first-order valence-electron chi connectivity index (χ1n) is 4.21. The van der Waals surface area contributed by atoms with Gasteiger partial charge in [-0.3, -0.25) is 9.07 Å². The number of aryl methyl sites for hydroxylation is 2. The summed E-state index contributed by atoms with van der Waals surface area (Å²) in [6.45, 7) is -1.03. The third-order valence-corrected chi connectivity index (χ3v) is 1.94. The Morgan fingerprint density at radius 3 is 2.44 bits per heavy atom. The van der Waals surface area contributed by atoms with Gasteiger partial charge in [-0.25, -0.2) is 4.79 Å². The number of carboxylic acid groups (broad SMARTS) is 1. The Bertz CT molecular complexity index is 411. The lowest BCUT2D eigenvalue weighted by molar-refractivity contribution is -0.138. The van der Waals surface area contributed by atoms with E-state index in [9.17, 15) is 22.4 Å². The Morgan fingerprint density at radius 2 is 2.06 bits per heavy atom. The fourth-order valence-corrected chi connectivity index (χ4v) is 1.39. The first-order chi connectivity index (χ1) is 7.29. The standard InChI is InChI=1S/C8H8F4N2O2/c1-14-6(7(15)16)5(8(10,11)12)4(13-14)2-3-9/h2-3H2,1H3,(H,15,16). The molecule has 0 saturated heterocycles. The summed E-state index contributed by atoms with van der Waals surface area (Å²) < 4.78 is 50.3. The van der Waals surface area contributed by atoms with E-state index in [2.05, 4.69) is 5.10 Å². The minimum absolute atomic E-state index is 0.560. The number of rotatable bonds is 3. The molecular formula is C8H8F4N2O2. The Kier molecular flexibility index (Phi) is 3.20. The lowest BCUT2D eigenvalue weighted by Crippen LogP contribution is -2.15. The highest BCUT2D eigenvalue weighted by Gasteiger charge is 2.41. The number of alkyl halides is 4. The lowest BCUT2D eigenvalue weighted by Gasteiger charge is -2.07. The monoisotopic (exact) mass is 240 g/mol. The molecule has 0 aliphatic carbocycles. The van der Waals surface area contributed by atoms with Crippen molar-refractivity contribution in [2.24, 2.45) is 7.05 Å². The zero-order valence-corrected chi connectivity index (χ0v) is 8.18. The van der Waals surface area contributed by atoms with Crippen LogP contribution in [0.3, 0.4) is 0 Å². The van der Waals surface area contributed by atoms with Gasteiger partial charge in [-0.05, 0) is 0 Å². The average Bonchev–Trinajstić information content (AvgIpc) is 2.42. The van der Waals surface area contributed by atoms with Crippen LogP contribution in [-0.4, -0.2) is 27.5 Å². The molecule has 1 aromatic rings. The van der Waals surface area contributed by atoms with E-state index in [1.165, 1.54) is 0 Å². The molecule has 0 saturated carbocycles. The molecule has 0 amide bonds. The van der Waals surface area contributed by atoms with E-state index in [-0.39, 0.29) is 0 Å². The second kappa shape index (κ2) is 4.11. The van der Waals surface area contributed by atoms with Gasteiger partial charge in [0.25, 0.3) is 0 Å². The fourth-order valence-electron chi connectivity index (χ4n) is 1.39. The molecule has 0 aromatic carbocycles. The van der Waals surface area contributed by atoms with Crippen LogP contribution in [0.4, 0.5) is 17.6 Å². The van der Waals surface area contributed by atoms with Crippen molar-refractivity contribution < 1.29 is 27.5 Å². The van der Waals surface area contributed by atoms with Crippen LogP contribution in [-0.2, 0) is 19.6 Å². The minimum Gasteiger partial charge on any atom is -0.477 e. The summed E-state index contributed by atoms with van der Waals surface area (Å²) in [7, 11) is 1.07. The van der Waals surface area contributed by atoms with Crippen molar-refractivity contribution in [2.75, 3.05) is 6.67 Å². The van der Waals surface area contributed by atoms with Crippen molar-refractivity contribution >= 4 is 5.97 Å². The lowest BCUT2D eigenvalue weighted by atomic mass is 10.1. The molecule has 1 heterocycles. The van der Waals surface area contributed by atoms with Gasteiger partial charge in [-0.1, -0.05) is 0 Å². The Hall–Kier alpha value is -1.60. The molecule has 0 unspecified atom stereocenters. The van der Waals surface area contributed by atoms with Crippen LogP contribution in [0.15, 0.2) is 0 Å². The van der Waals surface area contributed by atoms with E-state index >= 15 is 0 Å². The molecule has 0 bridgehead atoms. The fraction of sp³-hybridized carbons (Fsp3) is 0.500. The molecule has 0 aliphatic heterocycles. The first-order valence-corrected chi connectivity index (χ1v) is 4.21. The molecule has 16 heavy (non-hydrogen) atoms. The van der Waals surface area contributed by atoms with Crippen molar-refractivity contribution in [3.8, 4) is 0 Å². The van der Waals surface area contributed by atoms with Crippen LogP contribution in [0.5, 0.6) is 0 Å². The maximum atomic E-state index is 12.6. The smallest absolute Gasteiger partial charge is 0.420 e. The maximum Gasteiger partial charge on any atom is 0.420 e. The molecule has 0 atom stereocenters. The first kappa shape index (κ1) is 12.5. The van der Waals surface area contributed by atoms with Gasteiger partial charge in [0.15, 0.2) is 5.69 Å². The van der Waals surface area contributed by atoms with E-state index < -0.39 is 42.2 Å². The number of carboxylic acids is 1. The molecular weight excluding hydrogens is 232 g/mol. The van der Waals surface area contributed by atoms with Crippen LogP contribution in [0.25, 0.3) is 0 Å². The van der Waals surface area contributed by atoms with Gasteiger partial charge < -0.3 is 5.11 Å². The largest absolute Gasteiger partial charge is 0.477 e. The molecule has 4 nitrogen and oxygen atoms in total.